The fourth-order valence-electron chi connectivity index (χ4n) is 2.14. The maximum Gasteiger partial charge on any atom is 0.261 e. The Morgan fingerprint density at radius 3 is 2.52 bits per heavy atom. The van der Waals surface area contributed by atoms with Crippen molar-refractivity contribution in [3.63, 3.8) is 0 Å². The Kier molecular flexibility index (Phi) is 4.36. The highest BCUT2D eigenvalue weighted by atomic mass is 79.9. The average molecular weight is 400 g/mol. The van der Waals surface area contributed by atoms with Gasteiger partial charge in [0.25, 0.3) is 10.0 Å². The van der Waals surface area contributed by atoms with E-state index in [9.17, 15) is 8.42 Å². The van der Waals surface area contributed by atoms with Crippen LogP contribution in [0.1, 0.15) is 0 Å². The van der Waals surface area contributed by atoms with Crippen molar-refractivity contribution >= 4 is 31.6 Å². The van der Waals surface area contributed by atoms with Crippen LogP contribution >= 0.6 is 15.9 Å². The zero-order valence-electron chi connectivity index (χ0n) is 12.2. The topological polar surface area (TPSA) is 73.9 Å². The Bertz CT molecular complexity index is 838. The third-order valence-electron chi connectivity index (χ3n) is 3.23. The van der Waals surface area contributed by atoms with Gasteiger partial charge in [-0.1, -0.05) is 0 Å². The predicted molar refractivity (Wildman–Crippen MR) is 88.9 cm³/mol. The standard InChI is InChI=1S/C15H14BrNO5S/c1-20-13-5-3-11(9-12(13)16)23(18,19)17-10-2-4-14-15(8-10)22-7-6-21-14/h2-5,8-9,17H,6-7H2,1H3. The van der Waals surface area contributed by atoms with Gasteiger partial charge < -0.3 is 14.2 Å². The molecule has 0 fully saturated rings. The summed E-state index contributed by atoms with van der Waals surface area (Å²) in [6, 6.07) is 9.45. The van der Waals surface area contributed by atoms with Gasteiger partial charge in [0.2, 0.25) is 0 Å². The summed E-state index contributed by atoms with van der Waals surface area (Å²) in [6.07, 6.45) is 0. The summed E-state index contributed by atoms with van der Waals surface area (Å²) in [7, 11) is -2.20. The summed E-state index contributed by atoms with van der Waals surface area (Å²) in [5.41, 5.74) is 0.404. The van der Waals surface area contributed by atoms with Crippen molar-refractivity contribution in [1.29, 1.82) is 0 Å². The Balaban J connectivity index is 1.87. The van der Waals surface area contributed by atoms with Crippen molar-refractivity contribution in [3.05, 3.63) is 40.9 Å². The molecule has 0 radical (unpaired) electrons. The molecule has 1 aliphatic heterocycles. The highest BCUT2D eigenvalue weighted by Gasteiger charge is 2.18. The summed E-state index contributed by atoms with van der Waals surface area (Å²) >= 11 is 3.28. The summed E-state index contributed by atoms with van der Waals surface area (Å²) < 4.78 is 44.0. The van der Waals surface area contributed by atoms with Crippen molar-refractivity contribution in [3.8, 4) is 17.2 Å². The number of nitrogens with one attached hydrogen (secondary N) is 1. The first-order valence-corrected chi connectivity index (χ1v) is 9.03. The zero-order valence-corrected chi connectivity index (χ0v) is 14.6. The molecule has 1 heterocycles. The highest BCUT2D eigenvalue weighted by Crippen LogP contribution is 2.34. The molecule has 6 nitrogen and oxygen atoms in total. The Labute approximate surface area is 142 Å². The lowest BCUT2D eigenvalue weighted by Crippen LogP contribution is -2.16. The van der Waals surface area contributed by atoms with Crippen molar-refractivity contribution in [2.45, 2.75) is 4.90 Å². The number of benzene rings is 2. The van der Waals surface area contributed by atoms with E-state index in [4.69, 9.17) is 14.2 Å². The third-order valence-corrected chi connectivity index (χ3v) is 5.23. The fraction of sp³-hybridized carbons (Fsp3) is 0.200. The van der Waals surface area contributed by atoms with Crippen molar-refractivity contribution < 1.29 is 22.6 Å². The van der Waals surface area contributed by atoms with E-state index in [1.54, 1.807) is 24.3 Å². The van der Waals surface area contributed by atoms with E-state index in [-0.39, 0.29) is 4.90 Å². The Morgan fingerprint density at radius 1 is 1.09 bits per heavy atom. The van der Waals surface area contributed by atoms with E-state index in [2.05, 4.69) is 20.7 Å². The van der Waals surface area contributed by atoms with Gasteiger partial charge in [0.05, 0.1) is 22.2 Å². The zero-order chi connectivity index (χ0) is 16.4. The first-order chi connectivity index (χ1) is 11.0. The third kappa shape index (κ3) is 3.37. The SMILES string of the molecule is COc1ccc(S(=O)(=O)Nc2ccc3c(c2)OCCO3)cc1Br. The minimum Gasteiger partial charge on any atom is -0.496 e. The van der Waals surface area contributed by atoms with Crippen molar-refractivity contribution in [1.82, 2.24) is 0 Å². The van der Waals surface area contributed by atoms with Crippen LogP contribution in [0.15, 0.2) is 45.8 Å². The number of ether oxygens (including phenoxy) is 3. The summed E-state index contributed by atoms with van der Waals surface area (Å²) in [4.78, 5) is 0.125. The molecular formula is C15H14BrNO5S. The number of methoxy groups -OCH3 is 1. The predicted octanol–water partition coefficient (Wildman–Crippen LogP) is 3.03. The Morgan fingerprint density at radius 2 is 1.83 bits per heavy atom. The number of sulfonamides is 1. The molecule has 1 aliphatic rings. The van der Waals surface area contributed by atoms with Crippen LogP contribution < -0.4 is 18.9 Å². The van der Waals surface area contributed by atoms with Crippen LogP contribution in [0.3, 0.4) is 0 Å². The minimum atomic E-state index is -3.72. The van der Waals surface area contributed by atoms with Gasteiger partial charge in [0, 0.05) is 6.07 Å². The fourth-order valence-corrected chi connectivity index (χ4v) is 3.90. The second kappa shape index (κ2) is 6.29. The lowest BCUT2D eigenvalue weighted by Gasteiger charge is -2.19. The molecule has 0 saturated heterocycles. The second-order valence-electron chi connectivity index (χ2n) is 4.76. The van der Waals surface area contributed by atoms with Gasteiger partial charge in [0.1, 0.15) is 19.0 Å². The number of hydrogen-bond acceptors (Lipinski definition) is 5. The molecule has 2 aromatic carbocycles. The molecule has 0 amide bonds. The summed E-state index contributed by atoms with van der Waals surface area (Å²) in [5, 5.41) is 0. The van der Waals surface area contributed by atoms with E-state index in [0.29, 0.717) is 40.6 Å². The molecular weight excluding hydrogens is 386 g/mol. The molecule has 0 atom stereocenters. The van der Waals surface area contributed by atoms with E-state index in [1.165, 1.54) is 19.2 Å². The molecule has 122 valence electrons. The van der Waals surface area contributed by atoms with Crippen LogP contribution in [0.2, 0.25) is 0 Å². The van der Waals surface area contributed by atoms with Crippen LogP contribution in [0.4, 0.5) is 5.69 Å². The van der Waals surface area contributed by atoms with E-state index in [0.717, 1.165) is 0 Å². The maximum absolute atomic E-state index is 12.5. The van der Waals surface area contributed by atoms with Gasteiger partial charge in [-0.2, -0.15) is 0 Å². The summed E-state index contributed by atoms with van der Waals surface area (Å²) in [6.45, 7) is 0.923. The lowest BCUT2D eigenvalue weighted by atomic mass is 10.3. The molecule has 8 heteroatoms. The molecule has 0 aliphatic carbocycles. The lowest BCUT2D eigenvalue weighted by molar-refractivity contribution is 0.171. The van der Waals surface area contributed by atoms with Crippen LogP contribution in [0.5, 0.6) is 17.2 Å². The van der Waals surface area contributed by atoms with Gasteiger partial charge in [-0.25, -0.2) is 8.42 Å². The Hall–Kier alpha value is -1.93. The largest absolute Gasteiger partial charge is 0.496 e. The van der Waals surface area contributed by atoms with Crippen molar-refractivity contribution in [2.75, 3.05) is 25.0 Å². The number of hydrogen-bond donors (Lipinski definition) is 1. The molecule has 0 bridgehead atoms. The van der Waals surface area contributed by atoms with Crippen LogP contribution in [0.25, 0.3) is 0 Å². The molecule has 23 heavy (non-hydrogen) atoms. The van der Waals surface area contributed by atoms with E-state index in [1.807, 2.05) is 0 Å². The van der Waals surface area contributed by atoms with Gasteiger partial charge in [-0.15, -0.1) is 0 Å². The quantitative estimate of drug-likeness (QED) is 0.854. The molecule has 3 rings (SSSR count). The van der Waals surface area contributed by atoms with Crippen LogP contribution in [0, 0.1) is 0 Å². The number of halogens is 1. The molecule has 0 saturated carbocycles. The second-order valence-corrected chi connectivity index (χ2v) is 7.30. The number of anilines is 1. The normalized spacial score (nSPS) is 13.5. The molecule has 1 N–H and O–H groups in total. The van der Waals surface area contributed by atoms with Gasteiger partial charge in [-0.05, 0) is 46.3 Å². The van der Waals surface area contributed by atoms with E-state index >= 15 is 0 Å². The molecule has 0 aromatic heterocycles. The average Bonchev–Trinajstić information content (AvgIpc) is 2.54. The summed E-state index contributed by atoms with van der Waals surface area (Å²) in [5.74, 6) is 1.68. The van der Waals surface area contributed by atoms with E-state index < -0.39 is 10.0 Å². The highest BCUT2D eigenvalue weighted by molar-refractivity contribution is 9.10. The van der Waals surface area contributed by atoms with Crippen LogP contribution in [-0.2, 0) is 10.0 Å². The molecule has 2 aromatic rings. The van der Waals surface area contributed by atoms with Gasteiger partial charge in [-0.3, -0.25) is 4.72 Å². The first kappa shape index (κ1) is 15.9. The maximum atomic E-state index is 12.5. The number of rotatable bonds is 4. The van der Waals surface area contributed by atoms with Crippen molar-refractivity contribution in [2.24, 2.45) is 0 Å². The molecule has 0 spiro atoms. The minimum absolute atomic E-state index is 0.125. The van der Waals surface area contributed by atoms with Crippen LogP contribution in [-0.4, -0.2) is 28.7 Å². The molecule has 0 unspecified atom stereocenters. The smallest absolute Gasteiger partial charge is 0.261 e. The van der Waals surface area contributed by atoms with Gasteiger partial charge >= 0.3 is 0 Å². The van der Waals surface area contributed by atoms with Gasteiger partial charge in [0.15, 0.2) is 11.5 Å². The number of fused-ring (bicyclic) bond motifs is 1. The monoisotopic (exact) mass is 399 g/mol. The first-order valence-electron chi connectivity index (χ1n) is 6.75.